The first-order valence-corrected chi connectivity index (χ1v) is 4.34. The summed E-state index contributed by atoms with van der Waals surface area (Å²) < 4.78 is 0. The molecule has 0 saturated carbocycles. The standard InChI is InChI=1S/C10H19/c1-3-5-7-9-10-8-6-4-2/h3,5,9H,4,6-8,10H2,1-2H3/b5-3+. The van der Waals surface area contributed by atoms with E-state index >= 15 is 0 Å². The second-order valence-electron chi connectivity index (χ2n) is 2.59. The van der Waals surface area contributed by atoms with Crippen molar-refractivity contribution in [2.45, 2.75) is 46.0 Å². The quantitative estimate of drug-likeness (QED) is 0.388. The Kier molecular flexibility index (Phi) is 8.51. The summed E-state index contributed by atoms with van der Waals surface area (Å²) in [5, 5.41) is 0. The highest BCUT2D eigenvalue weighted by molar-refractivity contribution is 4.83. The van der Waals surface area contributed by atoms with Crippen LogP contribution in [0.25, 0.3) is 0 Å². The number of hydrogen-bond acceptors (Lipinski definition) is 0. The van der Waals surface area contributed by atoms with Crippen LogP contribution in [0.1, 0.15) is 46.0 Å². The minimum absolute atomic E-state index is 1.15. The van der Waals surface area contributed by atoms with E-state index in [0.29, 0.717) is 0 Å². The molecular weight excluding hydrogens is 120 g/mol. The summed E-state index contributed by atoms with van der Waals surface area (Å²) in [6.45, 7) is 4.31. The fraction of sp³-hybridized carbons (Fsp3) is 0.700. The van der Waals surface area contributed by atoms with Crippen LogP contribution in [-0.4, -0.2) is 0 Å². The van der Waals surface area contributed by atoms with Crippen LogP contribution >= 0.6 is 0 Å². The van der Waals surface area contributed by atoms with Crippen molar-refractivity contribution in [2.24, 2.45) is 0 Å². The first-order chi connectivity index (χ1) is 4.91. The van der Waals surface area contributed by atoms with Crippen molar-refractivity contribution in [3.63, 3.8) is 0 Å². The van der Waals surface area contributed by atoms with Gasteiger partial charge in [0.2, 0.25) is 0 Å². The first-order valence-electron chi connectivity index (χ1n) is 4.34. The molecule has 0 N–H and O–H groups in total. The van der Waals surface area contributed by atoms with Gasteiger partial charge in [-0.15, -0.1) is 0 Å². The van der Waals surface area contributed by atoms with Crippen molar-refractivity contribution in [3.8, 4) is 0 Å². The molecule has 0 saturated heterocycles. The van der Waals surface area contributed by atoms with Crippen LogP contribution < -0.4 is 0 Å². The van der Waals surface area contributed by atoms with E-state index in [1.54, 1.807) is 0 Å². The van der Waals surface area contributed by atoms with Crippen molar-refractivity contribution in [1.29, 1.82) is 0 Å². The van der Waals surface area contributed by atoms with Crippen LogP contribution in [0.3, 0.4) is 0 Å². The summed E-state index contributed by atoms with van der Waals surface area (Å²) in [5.74, 6) is 0. The molecular formula is C10H19. The Balaban J connectivity index is 2.77. The normalized spacial score (nSPS) is 11.0. The molecule has 0 aliphatic carbocycles. The number of rotatable bonds is 6. The van der Waals surface area contributed by atoms with Gasteiger partial charge in [-0.2, -0.15) is 0 Å². The molecule has 0 unspecified atom stereocenters. The molecule has 0 fully saturated rings. The molecule has 59 valence electrons. The fourth-order valence-corrected chi connectivity index (χ4v) is 0.889. The lowest BCUT2D eigenvalue weighted by atomic mass is 10.1. The molecule has 0 aromatic carbocycles. The molecule has 0 spiro atoms. The second kappa shape index (κ2) is 8.74. The maximum absolute atomic E-state index is 2.36. The van der Waals surface area contributed by atoms with Crippen LogP contribution in [0.4, 0.5) is 0 Å². The van der Waals surface area contributed by atoms with Gasteiger partial charge in [0.25, 0.3) is 0 Å². The highest BCUT2D eigenvalue weighted by atomic mass is 13.9. The number of hydrogen-bond donors (Lipinski definition) is 0. The van der Waals surface area contributed by atoms with Crippen molar-refractivity contribution in [3.05, 3.63) is 18.6 Å². The van der Waals surface area contributed by atoms with E-state index in [2.05, 4.69) is 32.4 Å². The first kappa shape index (κ1) is 9.74. The van der Waals surface area contributed by atoms with Gasteiger partial charge in [0.15, 0.2) is 0 Å². The van der Waals surface area contributed by atoms with Crippen molar-refractivity contribution in [1.82, 2.24) is 0 Å². The monoisotopic (exact) mass is 139 g/mol. The Morgan fingerprint density at radius 3 is 2.60 bits per heavy atom. The molecule has 0 rings (SSSR count). The maximum Gasteiger partial charge on any atom is -0.0320 e. The summed E-state index contributed by atoms with van der Waals surface area (Å²) in [6, 6.07) is 0. The molecule has 0 aromatic heterocycles. The van der Waals surface area contributed by atoms with E-state index in [1.165, 1.54) is 25.7 Å². The lowest BCUT2D eigenvalue weighted by Crippen LogP contribution is -1.76. The van der Waals surface area contributed by atoms with E-state index in [-0.39, 0.29) is 0 Å². The number of unbranched alkanes of at least 4 members (excludes halogenated alkanes) is 5. The molecule has 0 amide bonds. The molecule has 0 heterocycles. The number of allylic oxidation sites excluding steroid dienone is 2. The Labute approximate surface area is 65.3 Å². The van der Waals surface area contributed by atoms with Gasteiger partial charge in [-0.3, -0.25) is 0 Å². The third-order valence-corrected chi connectivity index (χ3v) is 1.55. The average molecular weight is 139 g/mol. The van der Waals surface area contributed by atoms with Crippen LogP contribution in [0.5, 0.6) is 0 Å². The van der Waals surface area contributed by atoms with Crippen LogP contribution in [0, 0.1) is 6.42 Å². The third kappa shape index (κ3) is 7.74. The minimum Gasteiger partial charge on any atom is -0.0917 e. The Morgan fingerprint density at radius 1 is 1.20 bits per heavy atom. The van der Waals surface area contributed by atoms with Gasteiger partial charge in [-0.25, -0.2) is 0 Å². The Morgan fingerprint density at radius 2 is 2.00 bits per heavy atom. The Hall–Kier alpha value is -0.260. The average Bonchev–Trinajstić information content (AvgIpc) is 1.97. The largest absolute Gasteiger partial charge is 0.0917 e. The topological polar surface area (TPSA) is 0 Å². The SMILES string of the molecule is C/C=C/C[CH]CCCCC. The second-order valence-corrected chi connectivity index (χ2v) is 2.59. The van der Waals surface area contributed by atoms with Crippen LogP contribution in [0.2, 0.25) is 0 Å². The van der Waals surface area contributed by atoms with E-state index in [1.807, 2.05) is 0 Å². The van der Waals surface area contributed by atoms with Crippen molar-refractivity contribution < 1.29 is 0 Å². The minimum atomic E-state index is 1.15. The van der Waals surface area contributed by atoms with E-state index < -0.39 is 0 Å². The maximum atomic E-state index is 2.36. The molecule has 0 aliphatic rings. The predicted octanol–water partition coefficient (Wildman–Crippen LogP) is 3.74. The highest BCUT2D eigenvalue weighted by Gasteiger charge is 1.85. The predicted molar refractivity (Wildman–Crippen MR) is 47.9 cm³/mol. The summed E-state index contributed by atoms with van der Waals surface area (Å²) in [7, 11) is 0. The third-order valence-electron chi connectivity index (χ3n) is 1.55. The van der Waals surface area contributed by atoms with Gasteiger partial charge in [-0.05, 0) is 26.2 Å². The summed E-state index contributed by atoms with van der Waals surface area (Å²) in [5.41, 5.74) is 0. The molecule has 0 heteroatoms. The molecule has 1 radical (unpaired) electrons. The lowest BCUT2D eigenvalue weighted by Gasteiger charge is -1.94. The molecule has 0 aromatic rings. The van der Waals surface area contributed by atoms with Crippen molar-refractivity contribution >= 4 is 0 Å². The van der Waals surface area contributed by atoms with Crippen LogP contribution in [-0.2, 0) is 0 Å². The Bertz CT molecular complexity index is 72.1. The zero-order valence-corrected chi connectivity index (χ0v) is 7.27. The summed E-state index contributed by atoms with van der Waals surface area (Å²) in [6.07, 6.45) is 13.2. The molecule has 0 bridgehead atoms. The summed E-state index contributed by atoms with van der Waals surface area (Å²) in [4.78, 5) is 0. The van der Waals surface area contributed by atoms with E-state index in [0.717, 1.165) is 6.42 Å². The van der Waals surface area contributed by atoms with Gasteiger partial charge in [-0.1, -0.05) is 38.3 Å². The van der Waals surface area contributed by atoms with Gasteiger partial charge < -0.3 is 0 Å². The van der Waals surface area contributed by atoms with Gasteiger partial charge in [0.1, 0.15) is 0 Å². The van der Waals surface area contributed by atoms with E-state index in [4.69, 9.17) is 0 Å². The lowest BCUT2D eigenvalue weighted by molar-refractivity contribution is 0.704. The molecule has 0 aliphatic heterocycles. The van der Waals surface area contributed by atoms with Gasteiger partial charge in [0, 0.05) is 0 Å². The zero-order chi connectivity index (χ0) is 7.66. The van der Waals surface area contributed by atoms with Crippen molar-refractivity contribution in [2.75, 3.05) is 0 Å². The fourth-order valence-electron chi connectivity index (χ4n) is 0.889. The van der Waals surface area contributed by atoms with Gasteiger partial charge in [0.05, 0.1) is 0 Å². The summed E-state index contributed by atoms with van der Waals surface area (Å²) >= 11 is 0. The highest BCUT2D eigenvalue weighted by Crippen LogP contribution is 2.03. The van der Waals surface area contributed by atoms with Crippen LogP contribution in [0.15, 0.2) is 12.2 Å². The van der Waals surface area contributed by atoms with E-state index in [9.17, 15) is 0 Å². The smallest absolute Gasteiger partial charge is 0.0320 e. The molecule has 0 nitrogen and oxygen atoms in total. The molecule has 0 atom stereocenters. The zero-order valence-electron chi connectivity index (χ0n) is 7.27. The molecule has 10 heavy (non-hydrogen) atoms. The van der Waals surface area contributed by atoms with Gasteiger partial charge >= 0.3 is 0 Å².